The summed E-state index contributed by atoms with van der Waals surface area (Å²) in [6.07, 6.45) is 3.31. The van der Waals surface area contributed by atoms with Crippen LogP contribution in [0.5, 0.6) is 0 Å². The molecule has 11 heavy (non-hydrogen) atoms. The van der Waals surface area contributed by atoms with E-state index in [9.17, 15) is 4.79 Å². The summed E-state index contributed by atoms with van der Waals surface area (Å²) in [5.74, 6) is 0.326. The number of hydrogen-bond donors (Lipinski definition) is 2. The number of nitrogens with two attached hydrogens (primary N) is 2. The predicted octanol–water partition coefficient (Wildman–Crippen LogP) is 0.0333. The van der Waals surface area contributed by atoms with E-state index >= 15 is 0 Å². The maximum Gasteiger partial charge on any atom is 0.133 e. The third-order valence-corrected chi connectivity index (χ3v) is 2.60. The summed E-state index contributed by atoms with van der Waals surface area (Å²) in [6.45, 7) is 1.10. The van der Waals surface area contributed by atoms with Gasteiger partial charge in [0.25, 0.3) is 0 Å². The largest absolute Gasteiger partial charge is 0.330 e. The normalized spacial score (nSPS) is 23.6. The van der Waals surface area contributed by atoms with Gasteiger partial charge in [0.1, 0.15) is 5.78 Å². The Morgan fingerprint density at radius 1 is 1.36 bits per heavy atom. The summed E-state index contributed by atoms with van der Waals surface area (Å²) in [7, 11) is 0. The average molecular weight is 156 g/mol. The Kier molecular flexibility index (Phi) is 2.62. The van der Waals surface area contributed by atoms with Gasteiger partial charge >= 0.3 is 0 Å². The zero-order chi connectivity index (χ0) is 8.32. The molecular formula is C8H16N2O. The van der Waals surface area contributed by atoms with E-state index in [1.54, 1.807) is 0 Å². The van der Waals surface area contributed by atoms with Crippen LogP contribution in [-0.2, 0) is 4.79 Å². The first-order valence-corrected chi connectivity index (χ1v) is 4.14. The van der Waals surface area contributed by atoms with E-state index in [4.69, 9.17) is 11.5 Å². The first-order chi connectivity index (χ1) is 5.22. The van der Waals surface area contributed by atoms with Crippen molar-refractivity contribution in [2.45, 2.75) is 25.7 Å². The maximum atomic E-state index is 11.1. The molecule has 1 saturated carbocycles. The van der Waals surface area contributed by atoms with Crippen LogP contribution >= 0.6 is 0 Å². The SMILES string of the molecule is NCC1(CN)CCCC(=O)C1. The fourth-order valence-corrected chi connectivity index (χ4v) is 1.69. The monoisotopic (exact) mass is 156 g/mol. The van der Waals surface area contributed by atoms with Crippen molar-refractivity contribution in [2.24, 2.45) is 16.9 Å². The first kappa shape index (κ1) is 8.68. The number of hydrogen-bond acceptors (Lipinski definition) is 3. The summed E-state index contributed by atoms with van der Waals surface area (Å²) in [5.41, 5.74) is 11.1. The number of carbonyl (C=O) groups is 1. The molecule has 1 rings (SSSR count). The second-order valence-corrected chi connectivity index (χ2v) is 3.48. The second kappa shape index (κ2) is 3.32. The molecule has 0 aromatic rings. The fraction of sp³-hybridized carbons (Fsp3) is 0.875. The van der Waals surface area contributed by atoms with Gasteiger partial charge in [0.15, 0.2) is 0 Å². The molecule has 0 amide bonds. The van der Waals surface area contributed by atoms with Crippen molar-refractivity contribution >= 4 is 5.78 Å². The van der Waals surface area contributed by atoms with Gasteiger partial charge in [0.05, 0.1) is 0 Å². The summed E-state index contributed by atoms with van der Waals surface area (Å²) in [5, 5.41) is 0. The molecular weight excluding hydrogens is 140 g/mol. The molecule has 0 radical (unpaired) electrons. The molecule has 3 nitrogen and oxygen atoms in total. The summed E-state index contributed by atoms with van der Waals surface area (Å²) in [4.78, 5) is 11.1. The van der Waals surface area contributed by atoms with Crippen LogP contribution in [0.1, 0.15) is 25.7 Å². The van der Waals surface area contributed by atoms with Crippen LogP contribution in [-0.4, -0.2) is 18.9 Å². The molecule has 64 valence electrons. The van der Waals surface area contributed by atoms with Crippen LogP contribution in [0.4, 0.5) is 0 Å². The highest BCUT2D eigenvalue weighted by molar-refractivity contribution is 5.79. The Morgan fingerprint density at radius 3 is 2.36 bits per heavy atom. The van der Waals surface area contributed by atoms with E-state index in [0.717, 1.165) is 19.3 Å². The zero-order valence-electron chi connectivity index (χ0n) is 6.81. The van der Waals surface area contributed by atoms with Crippen molar-refractivity contribution in [1.29, 1.82) is 0 Å². The fourth-order valence-electron chi connectivity index (χ4n) is 1.69. The van der Waals surface area contributed by atoms with Gasteiger partial charge in [-0.25, -0.2) is 0 Å². The Balaban J connectivity index is 2.59. The van der Waals surface area contributed by atoms with E-state index < -0.39 is 0 Å². The minimum atomic E-state index is -0.0602. The lowest BCUT2D eigenvalue weighted by Crippen LogP contribution is -2.42. The van der Waals surface area contributed by atoms with E-state index in [-0.39, 0.29) is 5.41 Å². The second-order valence-electron chi connectivity index (χ2n) is 3.48. The highest BCUT2D eigenvalue weighted by atomic mass is 16.1. The van der Waals surface area contributed by atoms with Gasteiger partial charge in [0, 0.05) is 18.3 Å². The van der Waals surface area contributed by atoms with Crippen molar-refractivity contribution in [2.75, 3.05) is 13.1 Å². The van der Waals surface area contributed by atoms with Crippen molar-refractivity contribution in [3.05, 3.63) is 0 Å². The van der Waals surface area contributed by atoms with Gasteiger partial charge in [-0.1, -0.05) is 0 Å². The number of Topliss-reactive ketones (excluding diaryl/α,β-unsaturated/α-hetero) is 1. The van der Waals surface area contributed by atoms with E-state index in [1.807, 2.05) is 0 Å². The van der Waals surface area contributed by atoms with Crippen LogP contribution in [0.3, 0.4) is 0 Å². The Labute approximate surface area is 67.1 Å². The molecule has 1 fully saturated rings. The van der Waals surface area contributed by atoms with Crippen molar-refractivity contribution in [3.63, 3.8) is 0 Å². The number of rotatable bonds is 2. The number of carbonyl (C=O) groups excluding carboxylic acids is 1. The molecule has 4 N–H and O–H groups in total. The average Bonchev–Trinajstić information content (AvgIpc) is 2.04. The smallest absolute Gasteiger partial charge is 0.133 e. The Morgan fingerprint density at radius 2 is 2.00 bits per heavy atom. The van der Waals surface area contributed by atoms with Crippen molar-refractivity contribution < 1.29 is 4.79 Å². The van der Waals surface area contributed by atoms with Crippen molar-refractivity contribution in [1.82, 2.24) is 0 Å². The molecule has 0 heterocycles. The summed E-state index contributed by atoms with van der Waals surface area (Å²) < 4.78 is 0. The standard InChI is InChI=1S/C8H16N2O/c9-5-8(6-10)3-1-2-7(11)4-8/h1-6,9-10H2. The summed E-state index contributed by atoms with van der Waals surface area (Å²) >= 11 is 0. The minimum absolute atomic E-state index is 0.0602. The highest BCUT2D eigenvalue weighted by Gasteiger charge is 2.32. The molecule has 0 aromatic heterocycles. The van der Waals surface area contributed by atoms with Gasteiger partial charge in [-0.2, -0.15) is 0 Å². The van der Waals surface area contributed by atoms with E-state index in [0.29, 0.717) is 25.3 Å². The quantitative estimate of drug-likeness (QED) is 0.592. The van der Waals surface area contributed by atoms with Crippen LogP contribution < -0.4 is 11.5 Å². The lowest BCUT2D eigenvalue weighted by atomic mass is 9.74. The van der Waals surface area contributed by atoms with Gasteiger partial charge in [0.2, 0.25) is 0 Å². The Bertz CT molecular complexity index is 152. The van der Waals surface area contributed by atoms with Crippen LogP contribution in [0.25, 0.3) is 0 Å². The lowest BCUT2D eigenvalue weighted by Gasteiger charge is -2.33. The molecule has 1 aliphatic rings. The third kappa shape index (κ3) is 1.79. The first-order valence-electron chi connectivity index (χ1n) is 4.14. The molecule has 0 unspecified atom stereocenters. The number of ketones is 1. The predicted molar refractivity (Wildman–Crippen MR) is 44.0 cm³/mol. The van der Waals surface area contributed by atoms with Crippen LogP contribution in [0, 0.1) is 5.41 Å². The molecule has 0 bridgehead atoms. The lowest BCUT2D eigenvalue weighted by molar-refractivity contribution is -0.123. The topological polar surface area (TPSA) is 69.1 Å². The molecule has 0 atom stereocenters. The van der Waals surface area contributed by atoms with Crippen LogP contribution in [0.15, 0.2) is 0 Å². The van der Waals surface area contributed by atoms with Gasteiger partial charge in [-0.3, -0.25) is 4.79 Å². The van der Waals surface area contributed by atoms with Crippen molar-refractivity contribution in [3.8, 4) is 0 Å². The molecule has 3 heteroatoms. The molecule has 0 saturated heterocycles. The zero-order valence-corrected chi connectivity index (χ0v) is 6.81. The molecule has 0 aromatic carbocycles. The van der Waals surface area contributed by atoms with Gasteiger partial charge in [-0.15, -0.1) is 0 Å². The van der Waals surface area contributed by atoms with Gasteiger partial charge < -0.3 is 11.5 Å². The molecule has 0 aliphatic heterocycles. The Hall–Kier alpha value is -0.410. The third-order valence-electron chi connectivity index (χ3n) is 2.60. The van der Waals surface area contributed by atoms with E-state index in [1.165, 1.54) is 0 Å². The highest BCUT2D eigenvalue weighted by Crippen LogP contribution is 2.32. The summed E-state index contributed by atoms with van der Waals surface area (Å²) in [6, 6.07) is 0. The van der Waals surface area contributed by atoms with Gasteiger partial charge in [-0.05, 0) is 25.9 Å². The molecule has 1 aliphatic carbocycles. The molecule has 0 spiro atoms. The van der Waals surface area contributed by atoms with E-state index in [2.05, 4.69) is 0 Å². The maximum absolute atomic E-state index is 11.1. The minimum Gasteiger partial charge on any atom is -0.330 e. The van der Waals surface area contributed by atoms with Crippen LogP contribution in [0.2, 0.25) is 0 Å².